The summed E-state index contributed by atoms with van der Waals surface area (Å²) in [5.41, 5.74) is 2.77. The van der Waals surface area contributed by atoms with Crippen LogP contribution in [0.15, 0.2) is 36.7 Å². The van der Waals surface area contributed by atoms with Gasteiger partial charge in [-0.05, 0) is 37.0 Å². The zero-order valence-corrected chi connectivity index (χ0v) is 21.1. The smallest absolute Gasteiger partial charge is 0.304 e. The molecule has 1 saturated heterocycles. The summed E-state index contributed by atoms with van der Waals surface area (Å²) in [5, 5.41) is 1.32. The number of hydrogen-bond acceptors (Lipinski definition) is 5. The van der Waals surface area contributed by atoms with Gasteiger partial charge in [0.15, 0.2) is 0 Å². The number of piperidine rings is 1. The minimum absolute atomic E-state index is 0.273. The number of amides is 1. The second kappa shape index (κ2) is 9.93. The van der Waals surface area contributed by atoms with E-state index in [-0.39, 0.29) is 5.56 Å². The maximum atomic E-state index is 12.8. The van der Waals surface area contributed by atoms with Crippen LogP contribution in [-0.4, -0.2) is 47.9 Å². The zero-order chi connectivity index (χ0) is 24.5. The van der Waals surface area contributed by atoms with Crippen molar-refractivity contribution >= 4 is 38.6 Å². The van der Waals surface area contributed by atoms with Crippen molar-refractivity contribution < 1.29 is 17.9 Å². The first-order chi connectivity index (χ1) is 16.2. The molecule has 10 heteroatoms. The molecule has 3 aromatic rings. The molecule has 1 fully saturated rings. The quantitative estimate of drug-likeness (QED) is 0.515. The summed E-state index contributed by atoms with van der Waals surface area (Å²) < 4.78 is 36.3. The van der Waals surface area contributed by atoms with E-state index in [2.05, 4.69) is 23.6 Å². The van der Waals surface area contributed by atoms with Gasteiger partial charge in [-0.3, -0.25) is 4.79 Å². The molecule has 0 radical (unpaired) electrons. The van der Waals surface area contributed by atoms with Crippen LogP contribution in [-0.2, 0) is 17.3 Å². The molecule has 1 aliphatic heterocycles. The normalized spacial score (nSPS) is 15.1. The Morgan fingerprint density at radius 2 is 1.94 bits per heavy atom. The molecular weight excluding hydrogens is 476 g/mol. The summed E-state index contributed by atoms with van der Waals surface area (Å²) in [6.45, 7) is 5.49. The number of fused-ring (bicyclic) bond motifs is 1. The second-order valence-electron chi connectivity index (χ2n) is 9.00. The lowest BCUT2D eigenvalue weighted by Crippen LogP contribution is -2.45. The zero-order valence-electron chi connectivity index (χ0n) is 19.5. The Bertz CT molecular complexity index is 1310. The van der Waals surface area contributed by atoms with Gasteiger partial charge in [0.1, 0.15) is 5.02 Å². The van der Waals surface area contributed by atoms with E-state index in [1.54, 1.807) is 18.3 Å². The van der Waals surface area contributed by atoms with Crippen molar-refractivity contribution in [1.29, 1.82) is 0 Å². The largest absolute Gasteiger partial charge is 0.476 e. The average molecular weight is 505 g/mol. The number of rotatable bonds is 7. The van der Waals surface area contributed by atoms with Gasteiger partial charge in [-0.1, -0.05) is 37.9 Å². The molecule has 0 atom stereocenters. The van der Waals surface area contributed by atoms with E-state index in [4.69, 9.17) is 16.3 Å². The summed E-state index contributed by atoms with van der Waals surface area (Å²) in [5.74, 6) is 0.108. The molecule has 0 bridgehead atoms. The summed E-state index contributed by atoms with van der Waals surface area (Å²) in [7, 11) is -1.99. The molecule has 0 aliphatic carbocycles. The number of nitrogens with one attached hydrogen (secondary N) is 1. The van der Waals surface area contributed by atoms with Gasteiger partial charge in [0.05, 0.1) is 6.61 Å². The molecule has 0 unspecified atom stereocenters. The van der Waals surface area contributed by atoms with E-state index in [1.807, 2.05) is 29.9 Å². The highest BCUT2D eigenvalue weighted by atomic mass is 35.5. The highest BCUT2D eigenvalue weighted by molar-refractivity contribution is 7.87. The van der Waals surface area contributed by atoms with Gasteiger partial charge in [-0.25, -0.2) is 9.71 Å². The Hall–Kier alpha value is -2.62. The number of nitrogens with zero attached hydrogens (tertiary/aromatic N) is 3. The molecule has 182 valence electrons. The fraction of sp³-hybridized carbons (Fsp3) is 0.417. The maximum Gasteiger partial charge on any atom is 0.304 e. The number of halogens is 1. The third-order valence-corrected chi connectivity index (χ3v) is 7.56. The van der Waals surface area contributed by atoms with Gasteiger partial charge in [0.25, 0.3) is 5.91 Å². The number of hydrogen-bond donors (Lipinski definition) is 1. The summed E-state index contributed by atoms with van der Waals surface area (Å²) in [6.07, 6.45) is 6.25. The van der Waals surface area contributed by atoms with Crippen LogP contribution in [0.3, 0.4) is 0 Å². The molecule has 1 aliphatic rings. The van der Waals surface area contributed by atoms with Gasteiger partial charge in [0, 0.05) is 60.1 Å². The van der Waals surface area contributed by atoms with Gasteiger partial charge >= 0.3 is 10.2 Å². The average Bonchev–Trinajstić information content (AvgIpc) is 3.14. The van der Waals surface area contributed by atoms with Crippen LogP contribution >= 0.6 is 11.6 Å². The third-order valence-electron chi connectivity index (χ3n) is 5.80. The molecule has 1 aromatic carbocycles. The number of carbonyl (C=O) groups is 1. The summed E-state index contributed by atoms with van der Waals surface area (Å²) in [4.78, 5) is 17.1. The Morgan fingerprint density at radius 1 is 1.21 bits per heavy atom. The Balaban J connectivity index is 1.59. The van der Waals surface area contributed by atoms with Crippen LogP contribution in [0.1, 0.15) is 43.5 Å². The first-order valence-corrected chi connectivity index (χ1v) is 13.2. The number of pyridine rings is 1. The van der Waals surface area contributed by atoms with E-state index in [9.17, 15) is 13.2 Å². The lowest BCUT2D eigenvalue weighted by Gasteiger charge is -2.25. The predicted octanol–water partition coefficient (Wildman–Crippen LogP) is 4.39. The second-order valence-corrected chi connectivity index (χ2v) is 11.1. The number of carbonyl (C=O) groups excluding carboxylic acids is 1. The Labute approximate surface area is 205 Å². The summed E-state index contributed by atoms with van der Waals surface area (Å²) in [6, 6.07) is 6.94. The fourth-order valence-corrected chi connectivity index (χ4v) is 5.47. The van der Waals surface area contributed by atoms with Gasteiger partial charge in [-0.15, -0.1) is 0 Å². The van der Waals surface area contributed by atoms with E-state index in [1.165, 1.54) is 4.31 Å². The highest BCUT2D eigenvalue weighted by Crippen LogP contribution is 2.34. The van der Waals surface area contributed by atoms with Crippen LogP contribution in [0.25, 0.3) is 22.0 Å². The predicted molar refractivity (Wildman–Crippen MR) is 133 cm³/mol. The number of aromatic nitrogens is 2. The lowest BCUT2D eigenvalue weighted by atomic mass is 10.0. The minimum Gasteiger partial charge on any atom is -0.476 e. The number of benzene rings is 1. The lowest BCUT2D eigenvalue weighted by molar-refractivity contribution is 0.0978. The highest BCUT2D eigenvalue weighted by Gasteiger charge is 2.26. The molecule has 0 saturated carbocycles. The van der Waals surface area contributed by atoms with Gasteiger partial charge < -0.3 is 9.30 Å². The van der Waals surface area contributed by atoms with E-state index >= 15 is 0 Å². The van der Waals surface area contributed by atoms with Crippen molar-refractivity contribution in [3.63, 3.8) is 0 Å². The van der Waals surface area contributed by atoms with E-state index in [0.717, 1.165) is 41.3 Å². The van der Waals surface area contributed by atoms with E-state index in [0.29, 0.717) is 36.5 Å². The molecule has 0 spiro atoms. The van der Waals surface area contributed by atoms with Gasteiger partial charge in [-0.2, -0.15) is 12.7 Å². The monoisotopic (exact) mass is 504 g/mol. The SMILES string of the molecule is CC(C)COc1ncc(-c2cn(C)c3cc(C(=O)NS(=O)(=O)N4CCCCC4)ccc23)cc1Cl. The molecule has 2 aromatic heterocycles. The fourth-order valence-electron chi connectivity index (χ4n) is 4.03. The molecule has 1 N–H and O–H groups in total. The van der Waals surface area contributed by atoms with Crippen molar-refractivity contribution in [3.8, 4) is 17.0 Å². The van der Waals surface area contributed by atoms with Crippen molar-refractivity contribution in [3.05, 3.63) is 47.2 Å². The van der Waals surface area contributed by atoms with Crippen LogP contribution in [0.2, 0.25) is 5.02 Å². The van der Waals surface area contributed by atoms with E-state index < -0.39 is 16.1 Å². The minimum atomic E-state index is -3.86. The maximum absolute atomic E-state index is 12.8. The molecule has 8 nitrogen and oxygen atoms in total. The Kier molecular flexibility index (Phi) is 7.16. The van der Waals surface area contributed by atoms with Gasteiger partial charge in [0.2, 0.25) is 5.88 Å². The van der Waals surface area contributed by atoms with Crippen LogP contribution in [0, 0.1) is 5.92 Å². The van der Waals surface area contributed by atoms with Crippen LogP contribution < -0.4 is 9.46 Å². The molecule has 1 amide bonds. The first-order valence-electron chi connectivity index (χ1n) is 11.4. The molecule has 4 rings (SSSR count). The topological polar surface area (TPSA) is 93.5 Å². The van der Waals surface area contributed by atoms with Crippen molar-refractivity contribution in [2.75, 3.05) is 19.7 Å². The number of ether oxygens (including phenoxy) is 1. The van der Waals surface area contributed by atoms with Crippen LogP contribution in [0.5, 0.6) is 5.88 Å². The molecular formula is C24H29ClN4O4S. The molecule has 3 heterocycles. The van der Waals surface area contributed by atoms with Crippen molar-refractivity contribution in [2.24, 2.45) is 13.0 Å². The summed E-state index contributed by atoms with van der Waals surface area (Å²) >= 11 is 6.40. The Morgan fingerprint density at radius 3 is 2.62 bits per heavy atom. The number of aryl methyl sites for hydroxylation is 1. The van der Waals surface area contributed by atoms with Crippen molar-refractivity contribution in [2.45, 2.75) is 33.1 Å². The van der Waals surface area contributed by atoms with Crippen LogP contribution in [0.4, 0.5) is 0 Å². The standard InChI is InChI=1S/C24H29ClN4O4S/c1-16(2)15-33-24-21(25)11-18(13-26-24)20-14-28(3)22-12-17(7-8-19(20)22)23(30)27-34(31,32)29-9-5-4-6-10-29/h7-8,11-14,16H,4-6,9-10,15H2,1-3H3,(H,27,30). The first kappa shape index (κ1) is 24.5. The van der Waals surface area contributed by atoms with Crippen molar-refractivity contribution in [1.82, 2.24) is 18.6 Å². The third kappa shape index (κ3) is 5.21. The molecule has 34 heavy (non-hydrogen) atoms.